The molecule has 0 aliphatic carbocycles. The lowest BCUT2D eigenvalue weighted by Gasteiger charge is -2.28. The summed E-state index contributed by atoms with van der Waals surface area (Å²) in [5.74, 6) is -0.738. The maximum atomic E-state index is 13.0. The van der Waals surface area contributed by atoms with Crippen molar-refractivity contribution in [3.63, 3.8) is 0 Å². The second-order valence-electron chi connectivity index (χ2n) is 5.68. The predicted octanol–water partition coefficient (Wildman–Crippen LogP) is 2.43. The van der Waals surface area contributed by atoms with Gasteiger partial charge in [0.2, 0.25) is 0 Å². The van der Waals surface area contributed by atoms with Crippen molar-refractivity contribution in [2.45, 2.75) is 39.0 Å². The molecule has 0 fully saturated rings. The Morgan fingerprint density at radius 3 is 2.56 bits per heavy atom. The molecular formula is C16H17ClF3N3O4. The van der Waals surface area contributed by atoms with Gasteiger partial charge < -0.3 is 19.9 Å². The number of rotatable bonds is 5. The van der Waals surface area contributed by atoms with Crippen molar-refractivity contribution in [1.29, 1.82) is 0 Å². The molecule has 0 saturated carbocycles. The number of esters is 1. The highest BCUT2D eigenvalue weighted by Gasteiger charge is 2.34. The number of nitrogens with one attached hydrogen (secondary N) is 2. The Kier molecular flexibility index (Phi) is 6.19. The fourth-order valence-electron chi connectivity index (χ4n) is 2.63. The molecular weight excluding hydrogens is 391 g/mol. The van der Waals surface area contributed by atoms with E-state index in [0.29, 0.717) is 23.3 Å². The minimum Gasteiger partial charge on any atom is -0.463 e. The summed E-state index contributed by atoms with van der Waals surface area (Å²) in [6, 6.07) is -0.822. The van der Waals surface area contributed by atoms with Crippen LogP contribution in [0.1, 0.15) is 25.8 Å². The fraction of sp³-hybridized carbons (Fsp3) is 0.438. The zero-order chi connectivity index (χ0) is 20.4. The van der Waals surface area contributed by atoms with E-state index >= 15 is 0 Å². The average molecular weight is 408 g/mol. The Bertz CT molecular complexity index is 848. The molecule has 2 heterocycles. The Hall–Kier alpha value is -2.49. The number of nitrogens with zero attached hydrogens (tertiary/aromatic N) is 1. The van der Waals surface area contributed by atoms with Gasteiger partial charge in [0.15, 0.2) is 0 Å². The van der Waals surface area contributed by atoms with Crippen LogP contribution in [0.5, 0.6) is 0 Å². The standard InChI is InChI=1S/C16H17ClF3N3O4/c1-3-10-12(14(25)27-4-2)11(22-15(26)21-10)7-23-6-8(16(18,19)20)5-9(17)13(23)24/h5-6,10H,3-4,7H2,1-2H3,(H2,21,22,26)/t10-/m0/s1. The molecule has 0 aromatic carbocycles. The van der Waals surface area contributed by atoms with Crippen LogP contribution in [0.25, 0.3) is 0 Å². The van der Waals surface area contributed by atoms with E-state index in [-0.39, 0.29) is 17.9 Å². The molecule has 2 amide bonds. The van der Waals surface area contributed by atoms with E-state index in [0.717, 1.165) is 0 Å². The number of ether oxygens (including phenoxy) is 1. The van der Waals surface area contributed by atoms with Crippen molar-refractivity contribution in [3.8, 4) is 0 Å². The highest BCUT2D eigenvalue weighted by atomic mass is 35.5. The number of aromatic nitrogens is 1. The number of hydrogen-bond acceptors (Lipinski definition) is 4. The number of hydrogen-bond donors (Lipinski definition) is 2. The van der Waals surface area contributed by atoms with Gasteiger partial charge in [-0.1, -0.05) is 18.5 Å². The lowest BCUT2D eigenvalue weighted by molar-refractivity contribution is -0.139. The number of allylic oxidation sites excluding steroid dienone is 1. The summed E-state index contributed by atoms with van der Waals surface area (Å²) in [6.07, 6.45) is -3.80. The number of amides is 2. The second kappa shape index (κ2) is 8.03. The molecule has 0 unspecified atom stereocenters. The molecule has 2 N–H and O–H groups in total. The molecule has 11 heteroatoms. The molecule has 1 aliphatic heterocycles. The van der Waals surface area contributed by atoms with E-state index in [1.807, 2.05) is 0 Å². The van der Waals surface area contributed by atoms with Crippen LogP contribution in [0.2, 0.25) is 5.02 Å². The molecule has 0 saturated heterocycles. The first-order chi connectivity index (χ1) is 12.6. The monoisotopic (exact) mass is 407 g/mol. The van der Waals surface area contributed by atoms with E-state index in [2.05, 4.69) is 10.6 Å². The fourth-order valence-corrected chi connectivity index (χ4v) is 2.85. The first-order valence-corrected chi connectivity index (χ1v) is 8.41. The van der Waals surface area contributed by atoms with Gasteiger partial charge in [0.05, 0.1) is 36.0 Å². The second-order valence-corrected chi connectivity index (χ2v) is 6.09. The van der Waals surface area contributed by atoms with E-state index in [4.69, 9.17) is 16.3 Å². The van der Waals surface area contributed by atoms with Crippen LogP contribution in [0.4, 0.5) is 18.0 Å². The van der Waals surface area contributed by atoms with Gasteiger partial charge >= 0.3 is 18.2 Å². The van der Waals surface area contributed by atoms with Crippen LogP contribution in [-0.2, 0) is 22.3 Å². The van der Waals surface area contributed by atoms with E-state index in [1.54, 1.807) is 13.8 Å². The van der Waals surface area contributed by atoms with Crippen LogP contribution in [0.3, 0.4) is 0 Å². The molecule has 7 nitrogen and oxygen atoms in total. The van der Waals surface area contributed by atoms with Crippen molar-refractivity contribution in [2.24, 2.45) is 0 Å². The lowest BCUT2D eigenvalue weighted by Crippen LogP contribution is -2.51. The van der Waals surface area contributed by atoms with Gasteiger partial charge in [-0.2, -0.15) is 13.2 Å². The Morgan fingerprint density at radius 2 is 2.00 bits per heavy atom. The number of alkyl halides is 3. The lowest BCUT2D eigenvalue weighted by atomic mass is 10.00. The number of carbonyl (C=O) groups excluding carboxylic acids is 2. The van der Waals surface area contributed by atoms with E-state index in [9.17, 15) is 27.6 Å². The summed E-state index contributed by atoms with van der Waals surface area (Å²) < 4.78 is 44.7. The predicted molar refractivity (Wildman–Crippen MR) is 90.1 cm³/mol. The number of pyridine rings is 1. The van der Waals surface area contributed by atoms with Crippen molar-refractivity contribution in [3.05, 3.63) is 44.5 Å². The highest BCUT2D eigenvalue weighted by Crippen LogP contribution is 2.30. The smallest absolute Gasteiger partial charge is 0.417 e. The quantitative estimate of drug-likeness (QED) is 0.734. The maximum absolute atomic E-state index is 13.0. The van der Waals surface area contributed by atoms with Crippen molar-refractivity contribution in [2.75, 3.05) is 6.61 Å². The molecule has 148 valence electrons. The van der Waals surface area contributed by atoms with Gasteiger partial charge in [-0.25, -0.2) is 9.59 Å². The summed E-state index contributed by atoms with van der Waals surface area (Å²) in [6.45, 7) is 2.88. The van der Waals surface area contributed by atoms with Crippen LogP contribution < -0.4 is 16.2 Å². The van der Waals surface area contributed by atoms with Crippen LogP contribution in [-0.4, -0.2) is 29.2 Å². The molecule has 2 rings (SSSR count). The van der Waals surface area contributed by atoms with Crippen molar-refractivity contribution < 1.29 is 27.5 Å². The number of halogens is 4. The minimum absolute atomic E-state index is 0.0264. The molecule has 27 heavy (non-hydrogen) atoms. The maximum Gasteiger partial charge on any atom is 0.417 e. The molecule has 0 spiro atoms. The molecule has 1 aliphatic rings. The van der Waals surface area contributed by atoms with Crippen molar-refractivity contribution in [1.82, 2.24) is 15.2 Å². The highest BCUT2D eigenvalue weighted by molar-refractivity contribution is 6.30. The SMILES string of the molecule is CCOC(=O)C1=C(Cn2cc(C(F)(F)F)cc(Cl)c2=O)NC(=O)N[C@H]1CC. The molecule has 1 aromatic heterocycles. The van der Waals surface area contributed by atoms with Gasteiger partial charge in [0.1, 0.15) is 5.02 Å². The van der Waals surface area contributed by atoms with E-state index in [1.165, 1.54) is 0 Å². The summed E-state index contributed by atoms with van der Waals surface area (Å²) in [5, 5.41) is 4.27. The summed E-state index contributed by atoms with van der Waals surface area (Å²) in [7, 11) is 0. The molecule has 1 atom stereocenters. The normalized spacial score (nSPS) is 17.4. The van der Waals surface area contributed by atoms with Gasteiger partial charge in [0.25, 0.3) is 5.56 Å². The number of carbonyl (C=O) groups is 2. The third-order valence-corrected chi connectivity index (χ3v) is 4.12. The summed E-state index contributed by atoms with van der Waals surface area (Å²) >= 11 is 5.64. The zero-order valence-electron chi connectivity index (χ0n) is 14.4. The molecule has 0 bridgehead atoms. The third kappa shape index (κ3) is 4.62. The Labute approximate surface area is 157 Å². The zero-order valence-corrected chi connectivity index (χ0v) is 15.2. The van der Waals surface area contributed by atoms with Gasteiger partial charge in [0, 0.05) is 6.20 Å². The first-order valence-electron chi connectivity index (χ1n) is 8.03. The average Bonchev–Trinajstić information content (AvgIpc) is 2.57. The number of urea groups is 1. The molecule has 0 radical (unpaired) electrons. The topological polar surface area (TPSA) is 89.4 Å². The van der Waals surface area contributed by atoms with Gasteiger partial charge in [-0.05, 0) is 19.4 Å². The van der Waals surface area contributed by atoms with E-state index < -0.39 is 46.9 Å². The van der Waals surface area contributed by atoms with Crippen LogP contribution in [0, 0.1) is 0 Å². The van der Waals surface area contributed by atoms with Crippen LogP contribution in [0.15, 0.2) is 28.3 Å². The van der Waals surface area contributed by atoms with Crippen LogP contribution >= 0.6 is 11.6 Å². The minimum atomic E-state index is -4.72. The summed E-state index contributed by atoms with van der Waals surface area (Å²) in [5.41, 5.74) is -2.00. The van der Waals surface area contributed by atoms with Gasteiger partial charge in [-0.3, -0.25) is 4.79 Å². The Balaban J connectivity index is 2.57. The van der Waals surface area contributed by atoms with Gasteiger partial charge in [-0.15, -0.1) is 0 Å². The third-order valence-electron chi connectivity index (χ3n) is 3.85. The first kappa shape index (κ1) is 20.8. The molecule has 1 aromatic rings. The van der Waals surface area contributed by atoms with Crippen molar-refractivity contribution >= 4 is 23.6 Å². The Morgan fingerprint density at radius 1 is 1.33 bits per heavy atom. The largest absolute Gasteiger partial charge is 0.463 e. The summed E-state index contributed by atoms with van der Waals surface area (Å²) in [4.78, 5) is 36.3.